The second-order valence-corrected chi connectivity index (χ2v) is 3.20. The third kappa shape index (κ3) is 2.38. The van der Waals surface area contributed by atoms with Gasteiger partial charge in [-0.1, -0.05) is 0 Å². The SMILES string of the molecule is O=C(O)c1ccc(NCc2cnco2)cc1. The largest absolute Gasteiger partial charge is 0.478 e. The summed E-state index contributed by atoms with van der Waals surface area (Å²) in [5, 5.41) is 11.8. The highest BCUT2D eigenvalue weighted by molar-refractivity contribution is 5.87. The third-order valence-electron chi connectivity index (χ3n) is 2.08. The Morgan fingerprint density at radius 3 is 2.69 bits per heavy atom. The molecule has 0 aliphatic rings. The number of benzene rings is 1. The number of aromatic nitrogens is 1. The minimum atomic E-state index is -0.929. The van der Waals surface area contributed by atoms with Crippen molar-refractivity contribution in [3.63, 3.8) is 0 Å². The van der Waals surface area contributed by atoms with E-state index in [1.165, 1.54) is 6.39 Å². The zero-order valence-electron chi connectivity index (χ0n) is 8.38. The summed E-state index contributed by atoms with van der Waals surface area (Å²) in [4.78, 5) is 14.4. The second-order valence-electron chi connectivity index (χ2n) is 3.20. The molecule has 2 rings (SSSR count). The molecule has 0 bridgehead atoms. The van der Waals surface area contributed by atoms with Crippen LogP contribution in [0.3, 0.4) is 0 Å². The van der Waals surface area contributed by atoms with Crippen molar-refractivity contribution in [2.24, 2.45) is 0 Å². The van der Waals surface area contributed by atoms with Crippen LogP contribution in [0, 0.1) is 0 Å². The number of oxazole rings is 1. The van der Waals surface area contributed by atoms with E-state index in [9.17, 15) is 4.79 Å². The van der Waals surface area contributed by atoms with Gasteiger partial charge in [0.05, 0.1) is 18.3 Å². The van der Waals surface area contributed by atoms with Crippen LogP contribution in [0.5, 0.6) is 0 Å². The Kier molecular flexibility index (Phi) is 2.86. The molecule has 0 aliphatic heterocycles. The fourth-order valence-corrected chi connectivity index (χ4v) is 1.25. The van der Waals surface area contributed by atoms with E-state index >= 15 is 0 Å². The number of aromatic carboxylic acids is 1. The van der Waals surface area contributed by atoms with Crippen LogP contribution in [0.2, 0.25) is 0 Å². The molecule has 0 aliphatic carbocycles. The topological polar surface area (TPSA) is 75.4 Å². The van der Waals surface area contributed by atoms with Gasteiger partial charge < -0.3 is 14.8 Å². The first-order valence-corrected chi connectivity index (χ1v) is 4.70. The zero-order chi connectivity index (χ0) is 11.4. The molecular weight excluding hydrogens is 208 g/mol. The average Bonchev–Trinajstić information content (AvgIpc) is 2.80. The standard InChI is InChI=1S/C11H10N2O3/c14-11(15)8-1-3-9(4-2-8)13-6-10-5-12-7-16-10/h1-5,7,13H,6H2,(H,14,15). The molecule has 0 amide bonds. The summed E-state index contributed by atoms with van der Waals surface area (Å²) in [7, 11) is 0. The van der Waals surface area contributed by atoms with Crippen molar-refractivity contribution in [3.05, 3.63) is 48.2 Å². The van der Waals surface area contributed by atoms with Gasteiger partial charge in [0, 0.05) is 5.69 Å². The molecule has 1 aromatic heterocycles. The fraction of sp³-hybridized carbons (Fsp3) is 0.0909. The van der Waals surface area contributed by atoms with Crippen molar-refractivity contribution < 1.29 is 14.3 Å². The highest BCUT2D eigenvalue weighted by Crippen LogP contribution is 2.11. The summed E-state index contributed by atoms with van der Waals surface area (Å²) in [5.41, 5.74) is 1.10. The molecule has 0 atom stereocenters. The summed E-state index contributed by atoms with van der Waals surface area (Å²) in [6.07, 6.45) is 2.99. The molecule has 1 aromatic carbocycles. The van der Waals surface area contributed by atoms with Crippen LogP contribution in [0.1, 0.15) is 16.1 Å². The van der Waals surface area contributed by atoms with Crippen LogP contribution in [0.15, 0.2) is 41.3 Å². The van der Waals surface area contributed by atoms with Gasteiger partial charge in [-0.05, 0) is 24.3 Å². The Morgan fingerprint density at radius 1 is 1.38 bits per heavy atom. The summed E-state index contributed by atoms with van der Waals surface area (Å²) < 4.78 is 5.05. The van der Waals surface area contributed by atoms with E-state index in [2.05, 4.69) is 10.3 Å². The normalized spacial score (nSPS) is 10.0. The number of carboxylic acids is 1. The summed E-state index contributed by atoms with van der Waals surface area (Å²) in [6, 6.07) is 6.51. The first kappa shape index (κ1) is 10.2. The molecule has 16 heavy (non-hydrogen) atoms. The summed E-state index contributed by atoms with van der Waals surface area (Å²) in [6.45, 7) is 0.520. The Morgan fingerprint density at radius 2 is 2.12 bits per heavy atom. The van der Waals surface area contributed by atoms with Gasteiger partial charge in [-0.3, -0.25) is 0 Å². The number of rotatable bonds is 4. The fourth-order valence-electron chi connectivity index (χ4n) is 1.25. The van der Waals surface area contributed by atoms with Crippen LogP contribution in [0.25, 0.3) is 0 Å². The maximum absolute atomic E-state index is 10.6. The molecule has 0 fully saturated rings. The molecule has 2 aromatic rings. The smallest absolute Gasteiger partial charge is 0.335 e. The van der Waals surface area contributed by atoms with Crippen molar-refractivity contribution in [1.29, 1.82) is 0 Å². The van der Waals surface area contributed by atoms with Crippen molar-refractivity contribution in [2.75, 3.05) is 5.32 Å². The van der Waals surface area contributed by atoms with Crippen molar-refractivity contribution >= 4 is 11.7 Å². The predicted octanol–water partition coefficient (Wildman–Crippen LogP) is 1.98. The Labute approximate surface area is 91.7 Å². The van der Waals surface area contributed by atoms with E-state index in [0.717, 1.165) is 11.4 Å². The molecule has 0 radical (unpaired) electrons. The first-order valence-electron chi connectivity index (χ1n) is 4.70. The number of anilines is 1. The van der Waals surface area contributed by atoms with Gasteiger partial charge in [0.1, 0.15) is 5.76 Å². The quantitative estimate of drug-likeness (QED) is 0.820. The van der Waals surface area contributed by atoms with E-state index in [1.54, 1.807) is 30.5 Å². The van der Waals surface area contributed by atoms with E-state index < -0.39 is 5.97 Å². The second kappa shape index (κ2) is 4.48. The molecule has 2 N–H and O–H groups in total. The molecule has 0 unspecified atom stereocenters. The number of carboxylic acid groups (broad SMARTS) is 1. The molecule has 0 saturated carbocycles. The van der Waals surface area contributed by atoms with Crippen LogP contribution >= 0.6 is 0 Å². The monoisotopic (exact) mass is 218 g/mol. The lowest BCUT2D eigenvalue weighted by Gasteiger charge is -2.03. The highest BCUT2D eigenvalue weighted by Gasteiger charge is 2.01. The Bertz CT molecular complexity index is 462. The Balaban J connectivity index is 1.98. The highest BCUT2D eigenvalue weighted by atomic mass is 16.4. The molecule has 0 saturated heterocycles. The molecule has 82 valence electrons. The van der Waals surface area contributed by atoms with Crippen LogP contribution < -0.4 is 5.32 Å². The van der Waals surface area contributed by atoms with Crippen LogP contribution in [-0.4, -0.2) is 16.1 Å². The van der Waals surface area contributed by atoms with E-state index in [-0.39, 0.29) is 5.56 Å². The molecular formula is C11H10N2O3. The summed E-state index contributed by atoms with van der Waals surface area (Å²) >= 11 is 0. The van der Waals surface area contributed by atoms with E-state index in [1.807, 2.05) is 0 Å². The number of hydrogen-bond donors (Lipinski definition) is 2. The number of nitrogens with one attached hydrogen (secondary N) is 1. The first-order chi connectivity index (χ1) is 7.75. The van der Waals surface area contributed by atoms with Gasteiger partial charge >= 0.3 is 5.97 Å². The van der Waals surface area contributed by atoms with Crippen molar-refractivity contribution in [2.45, 2.75) is 6.54 Å². The van der Waals surface area contributed by atoms with Crippen LogP contribution in [0.4, 0.5) is 5.69 Å². The van der Waals surface area contributed by atoms with E-state index in [0.29, 0.717) is 6.54 Å². The number of carbonyl (C=O) groups is 1. The number of nitrogens with zero attached hydrogens (tertiary/aromatic N) is 1. The summed E-state index contributed by atoms with van der Waals surface area (Å²) in [5.74, 6) is -0.205. The minimum absolute atomic E-state index is 0.269. The molecule has 0 spiro atoms. The van der Waals surface area contributed by atoms with Crippen LogP contribution in [-0.2, 0) is 6.54 Å². The maximum Gasteiger partial charge on any atom is 0.335 e. The van der Waals surface area contributed by atoms with Gasteiger partial charge in [-0.25, -0.2) is 9.78 Å². The molecule has 1 heterocycles. The van der Waals surface area contributed by atoms with Gasteiger partial charge in [0.2, 0.25) is 0 Å². The maximum atomic E-state index is 10.6. The average molecular weight is 218 g/mol. The Hall–Kier alpha value is -2.30. The van der Waals surface area contributed by atoms with Gasteiger partial charge in [-0.2, -0.15) is 0 Å². The molecule has 5 nitrogen and oxygen atoms in total. The van der Waals surface area contributed by atoms with Gasteiger partial charge in [-0.15, -0.1) is 0 Å². The number of hydrogen-bond acceptors (Lipinski definition) is 4. The van der Waals surface area contributed by atoms with Gasteiger partial charge in [0.15, 0.2) is 6.39 Å². The minimum Gasteiger partial charge on any atom is -0.478 e. The molecule has 5 heteroatoms. The lowest BCUT2D eigenvalue weighted by Crippen LogP contribution is -2.00. The van der Waals surface area contributed by atoms with E-state index in [4.69, 9.17) is 9.52 Å². The van der Waals surface area contributed by atoms with Gasteiger partial charge in [0.25, 0.3) is 0 Å². The lowest BCUT2D eigenvalue weighted by molar-refractivity contribution is 0.0697. The zero-order valence-corrected chi connectivity index (χ0v) is 8.38. The lowest BCUT2D eigenvalue weighted by atomic mass is 10.2. The predicted molar refractivity (Wildman–Crippen MR) is 57.2 cm³/mol. The van der Waals surface area contributed by atoms with Crippen molar-refractivity contribution in [1.82, 2.24) is 4.98 Å². The third-order valence-corrected chi connectivity index (χ3v) is 2.08. The van der Waals surface area contributed by atoms with Crippen molar-refractivity contribution in [3.8, 4) is 0 Å².